The smallest absolute Gasteiger partial charge is 0.339 e. The molecule has 0 aromatic carbocycles. The molecule has 0 aromatic rings. The number of aliphatic carboxylic acids is 1. The van der Waals surface area contributed by atoms with Gasteiger partial charge in [0.2, 0.25) is 0 Å². The molecule has 0 aliphatic rings. The van der Waals surface area contributed by atoms with Gasteiger partial charge in [-0.1, -0.05) is 0 Å². The van der Waals surface area contributed by atoms with Crippen LogP contribution in [0.5, 0.6) is 0 Å². The van der Waals surface area contributed by atoms with E-state index in [9.17, 15) is 9.36 Å². The van der Waals surface area contributed by atoms with E-state index in [1.54, 1.807) is 0 Å². The fourth-order valence-corrected chi connectivity index (χ4v) is 1.67. The van der Waals surface area contributed by atoms with Crippen LogP contribution in [0, 0.1) is 0 Å². The molecule has 0 bridgehead atoms. The normalized spacial score (nSPS) is 13.0. The van der Waals surface area contributed by atoms with Gasteiger partial charge in [0, 0.05) is 6.54 Å². The molecule has 1 atom stereocenters. The van der Waals surface area contributed by atoms with Gasteiger partial charge in [-0.2, -0.15) is 0 Å². The third-order valence-electron chi connectivity index (χ3n) is 2.04. The van der Waals surface area contributed by atoms with Crippen molar-refractivity contribution < 1.29 is 24.3 Å². The predicted octanol–water partition coefficient (Wildman–Crippen LogP) is -1.39. The van der Waals surface area contributed by atoms with Crippen molar-refractivity contribution >= 4 is 19.5 Å². The highest BCUT2D eigenvalue weighted by Gasteiger charge is 2.21. The maximum Gasteiger partial charge on any atom is 0.339 e. The van der Waals surface area contributed by atoms with Crippen LogP contribution in [0.15, 0.2) is 4.99 Å². The van der Waals surface area contributed by atoms with E-state index in [-0.39, 0.29) is 12.4 Å². The van der Waals surface area contributed by atoms with Crippen molar-refractivity contribution in [2.75, 3.05) is 12.8 Å². The van der Waals surface area contributed by atoms with Crippen LogP contribution in [-0.2, 0) is 9.36 Å². The second kappa shape index (κ2) is 8.04. The van der Waals surface area contributed by atoms with E-state index in [4.69, 9.17) is 26.4 Å². The zero-order valence-electron chi connectivity index (χ0n) is 9.82. The standard InChI is InChI=1S/C8H19N4O5P/c9-8(10)11-4-2-1-3-6(7(13)14)12-5-18(15,16)17/h6,12H,1-5H2,(H,13,14)(H4,9,10,11)(H2,15,16,17)/t6-/m0/s1. The molecule has 0 heterocycles. The van der Waals surface area contributed by atoms with E-state index in [0.29, 0.717) is 19.4 Å². The van der Waals surface area contributed by atoms with Crippen LogP contribution in [0.25, 0.3) is 0 Å². The molecule has 0 radical (unpaired) electrons. The number of nitrogens with two attached hydrogens (primary N) is 2. The molecule has 8 N–H and O–H groups in total. The van der Waals surface area contributed by atoms with Crippen LogP contribution in [-0.4, -0.2) is 45.7 Å². The number of hydrogen-bond donors (Lipinski definition) is 6. The first kappa shape index (κ1) is 16.9. The molecule has 0 rings (SSSR count). The highest BCUT2D eigenvalue weighted by atomic mass is 31.2. The molecular formula is C8H19N4O5P. The number of rotatable bonds is 9. The fourth-order valence-electron chi connectivity index (χ4n) is 1.21. The first-order valence-electron chi connectivity index (χ1n) is 5.28. The number of carbonyl (C=O) groups is 1. The zero-order chi connectivity index (χ0) is 14.2. The minimum Gasteiger partial charge on any atom is -0.480 e. The third-order valence-corrected chi connectivity index (χ3v) is 2.63. The summed E-state index contributed by atoms with van der Waals surface area (Å²) in [5.41, 5.74) is 10.2. The Hall–Kier alpha value is -1.15. The van der Waals surface area contributed by atoms with Gasteiger partial charge < -0.3 is 26.4 Å². The van der Waals surface area contributed by atoms with Gasteiger partial charge in [0.05, 0.1) is 6.29 Å². The lowest BCUT2D eigenvalue weighted by Crippen LogP contribution is -2.37. The van der Waals surface area contributed by atoms with Gasteiger partial charge in [-0.25, -0.2) is 0 Å². The lowest BCUT2D eigenvalue weighted by molar-refractivity contribution is -0.139. The molecule has 10 heteroatoms. The summed E-state index contributed by atoms with van der Waals surface area (Å²) < 4.78 is 10.6. The Kier molecular flexibility index (Phi) is 7.53. The molecule has 0 aromatic heterocycles. The van der Waals surface area contributed by atoms with Crippen molar-refractivity contribution in [2.45, 2.75) is 25.3 Å². The van der Waals surface area contributed by atoms with Crippen LogP contribution >= 0.6 is 7.60 Å². The summed E-state index contributed by atoms with van der Waals surface area (Å²) in [6.45, 7) is 0.396. The second-order valence-electron chi connectivity index (χ2n) is 3.72. The number of carboxylic acids is 1. The molecule has 0 saturated heterocycles. The van der Waals surface area contributed by atoms with E-state index in [1.165, 1.54) is 0 Å². The minimum atomic E-state index is -4.25. The summed E-state index contributed by atoms with van der Waals surface area (Å²) >= 11 is 0. The summed E-state index contributed by atoms with van der Waals surface area (Å²) in [6, 6.07) is -0.989. The Morgan fingerprint density at radius 1 is 1.33 bits per heavy atom. The molecule has 0 saturated carbocycles. The molecule has 9 nitrogen and oxygen atoms in total. The van der Waals surface area contributed by atoms with Crippen molar-refractivity contribution in [3.8, 4) is 0 Å². The first-order valence-corrected chi connectivity index (χ1v) is 7.08. The predicted molar refractivity (Wildman–Crippen MR) is 66.0 cm³/mol. The van der Waals surface area contributed by atoms with Gasteiger partial charge in [0.15, 0.2) is 5.96 Å². The van der Waals surface area contributed by atoms with Gasteiger partial charge >= 0.3 is 13.6 Å². The zero-order valence-corrected chi connectivity index (χ0v) is 10.7. The number of guanidine groups is 1. The van der Waals surface area contributed by atoms with Gasteiger partial charge in [-0.15, -0.1) is 0 Å². The topological polar surface area (TPSA) is 171 Å². The number of carboxylic acid groups (broad SMARTS) is 1. The van der Waals surface area contributed by atoms with Gasteiger partial charge in [0.1, 0.15) is 6.04 Å². The van der Waals surface area contributed by atoms with Crippen molar-refractivity contribution in [3.05, 3.63) is 0 Å². The number of unbranched alkanes of at least 4 members (excludes halogenated alkanes) is 1. The highest BCUT2D eigenvalue weighted by Crippen LogP contribution is 2.32. The summed E-state index contributed by atoms with van der Waals surface area (Å²) in [7, 11) is -4.25. The Bertz CT molecular complexity index is 338. The average molecular weight is 282 g/mol. The number of aliphatic imine (C=N–C) groups is 1. The monoisotopic (exact) mass is 282 g/mol. The maximum absolute atomic E-state index is 10.8. The van der Waals surface area contributed by atoms with Gasteiger partial charge in [0.25, 0.3) is 0 Å². The largest absolute Gasteiger partial charge is 0.480 e. The fraction of sp³-hybridized carbons (Fsp3) is 0.750. The molecule has 0 spiro atoms. The van der Waals surface area contributed by atoms with E-state index >= 15 is 0 Å². The van der Waals surface area contributed by atoms with E-state index in [1.807, 2.05) is 0 Å². The molecule has 0 aliphatic carbocycles. The maximum atomic E-state index is 10.8. The van der Waals surface area contributed by atoms with E-state index in [2.05, 4.69) is 10.3 Å². The SMILES string of the molecule is NC(N)=NCCCC[C@H](NCP(=O)(O)O)C(=O)O. The van der Waals surface area contributed by atoms with Gasteiger partial charge in [-0.3, -0.25) is 19.7 Å². The Labute approximate surface area is 104 Å². The Morgan fingerprint density at radius 3 is 2.39 bits per heavy atom. The Morgan fingerprint density at radius 2 is 1.94 bits per heavy atom. The van der Waals surface area contributed by atoms with Crippen LogP contribution in [0.3, 0.4) is 0 Å². The number of nitrogens with one attached hydrogen (secondary N) is 1. The van der Waals surface area contributed by atoms with Crippen LogP contribution < -0.4 is 16.8 Å². The highest BCUT2D eigenvalue weighted by molar-refractivity contribution is 7.51. The van der Waals surface area contributed by atoms with E-state index in [0.717, 1.165) is 0 Å². The second-order valence-corrected chi connectivity index (χ2v) is 5.37. The molecule has 18 heavy (non-hydrogen) atoms. The summed E-state index contributed by atoms with van der Waals surface area (Å²) in [6.07, 6.45) is 0.717. The Balaban J connectivity index is 3.95. The molecule has 106 valence electrons. The van der Waals surface area contributed by atoms with E-state index < -0.39 is 25.9 Å². The average Bonchev–Trinajstić information content (AvgIpc) is 2.19. The number of nitrogens with zero attached hydrogens (tertiary/aromatic N) is 1. The van der Waals surface area contributed by atoms with Crippen LogP contribution in [0.1, 0.15) is 19.3 Å². The summed E-state index contributed by atoms with van der Waals surface area (Å²) in [4.78, 5) is 31.8. The van der Waals surface area contributed by atoms with Crippen molar-refractivity contribution in [1.29, 1.82) is 0 Å². The molecule has 0 fully saturated rings. The quantitative estimate of drug-likeness (QED) is 0.130. The molecular weight excluding hydrogens is 263 g/mol. The van der Waals surface area contributed by atoms with Gasteiger partial charge in [-0.05, 0) is 19.3 Å². The van der Waals surface area contributed by atoms with Crippen LogP contribution in [0.2, 0.25) is 0 Å². The van der Waals surface area contributed by atoms with Crippen molar-refractivity contribution in [2.24, 2.45) is 16.5 Å². The molecule has 0 amide bonds. The first-order chi connectivity index (χ1) is 8.22. The molecule has 0 unspecified atom stereocenters. The summed E-state index contributed by atoms with van der Waals surface area (Å²) in [5.74, 6) is -1.17. The number of hydrogen-bond acceptors (Lipinski definition) is 4. The third kappa shape index (κ3) is 10.0. The lowest BCUT2D eigenvalue weighted by atomic mass is 10.1. The van der Waals surface area contributed by atoms with Crippen LogP contribution in [0.4, 0.5) is 0 Å². The lowest BCUT2D eigenvalue weighted by Gasteiger charge is -2.14. The summed E-state index contributed by atoms with van der Waals surface area (Å²) in [5, 5.41) is 11.1. The molecule has 0 aliphatic heterocycles. The van der Waals surface area contributed by atoms with Crippen molar-refractivity contribution in [1.82, 2.24) is 5.32 Å². The minimum absolute atomic E-state index is 0.0237. The van der Waals surface area contributed by atoms with Crippen molar-refractivity contribution in [3.63, 3.8) is 0 Å².